The van der Waals surface area contributed by atoms with Gasteiger partial charge in [0.05, 0.1) is 17.3 Å². The van der Waals surface area contributed by atoms with E-state index < -0.39 is 5.54 Å². The second-order valence-electron chi connectivity index (χ2n) is 8.14. The SMILES string of the molecule is CCn1cc2cc(F)c(-c3ccnc([C@H]4CC[C@@]5(CCN(C)C5=O)N4)c3)cc2n1.Cl. The minimum Gasteiger partial charge on any atom is -0.344 e. The van der Waals surface area contributed by atoms with E-state index >= 15 is 0 Å². The summed E-state index contributed by atoms with van der Waals surface area (Å²) < 4.78 is 16.6. The molecule has 2 atom stereocenters. The Bertz CT molecular complexity index is 1120. The van der Waals surface area contributed by atoms with Gasteiger partial charge in [0.2, 0.25) is 5.91 Å². The first kappa shape index (κ1) is 20.8. The summed E-state index contributed by atoms with van der Waals surface area (Å²) in [5.74, 6) is -0.104. The predicted octanol–water partition coefficient (Wildman–Crippen LogP) is 3.70. The molecule has 8 heteroatoms. The molecule has 0 saturated carbocycles. The van der Waals surface area contributed by atoms with E-state index in [1.54, 1.807) is 23.2 Å². The molecular formula is C22H25ClFN5O. The van der Waals surface area contributed by atoms with E-state index in [1.807, 2.05) is 37.0 Å². The molecule has 2 aliphatic rings. The fourth-order valence-corrected chi connectivity index (χ4v) is 4.67. The lowest BCUT2D eigenvalue weighted by Gasteiger charge is -2.23. The number of aromatic nitrogens is 3. The van der Waals surface area contributed by atoms with Crippen molar-refractivity contribution in [2.24, 2.45) is 0 Å². The Morgan fingerprint density at radius 2 is 2.13 bits per heavy atom. The molecule has 2 aromatic heterocycles. The molecule has 158 valence electrons. The number of likely N-dealkylation sites (tertiary alicyclic amines) is 1. The fourth-order valence-electron chi connectivity index (χ4n) is 4.67. The third kappa shape index (κ3) is 3.26. The summed E-state index contributed by atoms with van der Waals surface area (Å²) in [6.07, 6.45) is 6.05. The van der Waals surface area contributed by atoms with Gasteiger partial charge in [0, 0.05) is 43.5 Å². The summed E-state index contributed by atoms with van der Waals surface area (Å²) in [5, 5.41) is 8.83. The Hall–Kier alpha value is -2.51. The number of carbonyl (C=O) groups excluding carboxylic acids is 1. The molecule has 2 saturated heterocycles. The highest BCUT2D eigenvalue weighted by atomic mass is 35.5. The van der Waals surface area contributed by atoms with Crippen molar-refractivity contribution in [2.75, 3.05) is 13.6 Å². The zero-order valence-corrected chi connectivity index (χ0v) is 17.9. The average molecular weight is 430 g/mol. The lowest BCUT2D eigenvalue weighted by Crippen LogP contribution is -2.47. The van der Waals surface area contributed by atoms with Gasteiger partial charge in [-0.25, -0.2) is 4.39 Å². The first-order valence-corrected chi connectivity index (χ1v) is 10.2. The first-order chi connectivity index (χ1) is 14.0. The van der Waals surface area contributed by atoms with Gasteiger partial charge in [0.1, 0.15) is 11.4 Å². The largest absolute Gasteiger partial charge is 0.344 e. The van der Waals surface area contributed by atoms with Crippen LogP contribution in [-0.4, -0.2) is 44.7 Å². The van der Waals surface area contributed by atoms with Gasteiger partial charge in [0.15, 0.2) is 0 Å². The van der Waals surface area contributed by atoms with E-state index in [0.29, 0.717) is 5.56 Å². The Kier molecular flexibility index (Phi) is 5.28. The number of benzene rings is 1. The maximum absolute atomic E-state index is 14.8. The molecule has 0 bridgehead atoms. The molecule has 1 amide bonds. The molecule has 1 N–H and O–H groups in total. The number of nitrogens with zero attached hydrogens (tertiary/aromatic N) is 4. The van der Waals surface area contributed by atoms with Crippen LogP contribution >= 0.6 is 12.4 Å². The monoisotopic (exact) mass is 429 g/mol. The number of amides is 1. The van der Waals surface area contributed by atoms with Crippen LogP contribution in [0.3, 0.4) is 0 Å². The number of pyridine rings is 1. The molecule has 2 aliphatic heterocycles. The van der Waals surface area contributed by atoms with Crippen molar-refractivity contribution in [3.05, 3.63) is 48.2 Å². The van der Waals surface area contributed by atoms with E-state index in [9.17, 15) is 9.18 Å². The number of fused-ring (bicyclic) bond motifs is 1. The molecule has 6 nitrogen and oxygen atoms in total. The Labute approximate surface area is 180 Å². The lowest BCUT2D eigenvalue weighted by molar-refractivity contribution is -0.131. The summed E-state index contributed by atoms with van der Waals surface area (Å²) in [6.45, 7) is 3.53. The minimum atomic E-state index is -0.464. The molecule has 0 aliphatic carbocycles. The van der Waals surface area contributed by atoms with Gasteiger partial charge in [-0.1, -0.05) is 0 Å². The van der Waals surface area contributed by atoms with Crippen molar-refractivity contribution < 1.29 is 9.18 Å². The van der Waals surface area contributed by atoms with E-state index in [2.05, 4.69) is 15.4 Å². The van der Waals surface area contributed by atoms with Gasteiger partial charge >= 0.3 is 0 Å². The maximum Gasteiger partial charge on any atom is 0.242 e. The normalized spacial score (nSPS) is 23.5. The Balaban J connectivity index is 0.00000218. The number of likely N-dealkylation sites (N-methyl/N-ethyl adjacent to an activating group) is 1. The van der Waals surface area contributed by atoms with Gasteiger partial charge < -0.3 is 4.90 Å². The number of nitrogens with one attached hydrogen (secondary N) is 1. The fraction of sp³-hybridized carbons (Fsp3) is 0.409. The molecule has 1 aromatic carbocycles. The van der Waals surface area contributed by atoms with Crippen LogP contribution in [0.2, 0.25) is 0 Å². The zero-order chi connectivity index (χ0) is 20.2. The Morgan fingerprint density at radius 3 is 2.87 bits per heavy atom. The summed E-state index contributed by atoms with van der Waals surface area (Å²) in [6, 6.07) is 7.09. The van der Waals surface area contributed by atoms with Crippen LogP contribution < -0.4 is 5.32 Å². The van der Waals surface area contributed by atoms with Crippen molar-refractivity contribution in [1.29, 1.82) is 0 Å². The summed E-state index contributed by atoms with van der Waals surface area (Å²) >= 11 is 0. The van der Waals surface area contributed by atoms with Crippen LogP contribution in [-0.2, 0) is 11.3 Å². The standard InChI is InChI=1S/C22H24FN5O.ClH/c1-3-28-13-15-10-17(23)16(12-19(15)26-28)14-5-8-24-20(11-14)18-4-6-22(25-18)7-9-27(2)21(22)29;/h5,8,10-13,18,25H,3-4,6-7,9H2,1-2H3;1H/t18-,22+;/m1./s1. The van der Waals surface area contributed by atoms with Gasteiger partial charge in [-0.15, -0.1) is 12.4 Å². The molecule has 1 spiro atoms. The van der Waals surface area contributed by atoms with Crippen molar-refractivity contribution in [3.8, 4) is 11.1 Å². The highest BCUT2D eigenvalue weighted by Crippen LogP contribution is 2.39. The molecular weight excluding hydrogens is 405 g/mol. The molecule has 30 heavy (non-hydrogen) atoms. The van der Waals surface area contributed by atoms with Crippen molar-refractivity contribution in [3.63, 3.8) is 0 Å². The van der Waals surface area contributed by atoms with Crippen LogP contribution in [0.25, 0.3) is 22.0 Å². The second-order valence-corrected chi connectivity index (χ2v) is 8.14. The molecule has 3 aromatic rings. The van der Waals surface area contributed by atoms with Crippen molar-refractivity contribution in [2.45, 2.75) is 44.3 Å². The number of hydrogen-bond acceptors (Lipinski definition) is 4. The van der Waals surface area contributed by atoms with Crippen LogP contribution in [0, 0.1) is 5.82 Å². The lowest BCUT2D eigenvalue weighted by atomic mass is 9.96. The number of rotatable bonds is 3. The Morgan fingerprint density at radius 1 is 1.30 bits per heavy atom. The molecule has 2 fully saturated rings. The van der Waals surface area contributed by atoms with E-state index in [4.69, 9.17) is 0 Å². The smallest absolute Gasteiger partial charge is 0.242 e. The summed E-state index contributed by atoms with van der Waals surface area (Å²) in [4.78, 5) is 18.9. The quantitative estimate of drug-likeness (QED) is 0.689. The van der Waals surface area contributed by atoms with Gasteiger partial charge in [0.25, 0.3) is 0 Å². The average Bonchev–Trinajstić information content (AvgIpc) is 3.42. The number of hydrogen-bond donors (Lipinski definition) is 1. The summed E-state index contributed by atoms with van der Waals surface area (Å²) in [5.41, 5.74) is 2.46. The second kappa shape index (κ2) is 7.63. The maximum atomic E-state index is 14.8. The number of carbonyl (C=O) groups is 1. The van der Waals surface area contributed by atoms with E-state index in [-0.39, 0.29) is 30.2 Å². The third-order valence-electron chi connectivity index (χ3n) is 6.35. The van der Waals surface area contributed by atoms with Crippen LogP contribution in [0.1, 0.15) is 37.9 Å². The topological polar surface area (TPSA) is 63.1 Å². The molecule has 5 rings (SSSR count). The zero-order valence-electron chi connectivity index (χ0n) is 17.1. The predicted molar refractivity (Wildman–Crippen MR) is 116 cm³/mol. The first-order valence-electron chi connectivity index (χ1n) is 10.2. The highest BCUT2D eigenvalue weighted by molar-refractivity contribution is 5.89. The van der Waals surface area contributed by atoms with Gasteiger partial charge in [-0.05, 0) is 56.0 Å². The van der Waals surface area contributed by atoms with Crippen LogP contribution in [0.4, 0.5) is 4.39 Å². The van der Waals surface area contributed by atoms with Crippen molar-refractivity contribution >= 4 is 29.2 Å². The number of halogens is 2. The highest BCUT2D eigenvalue weighted by Gasteiger charge is 2.50. The van der Waals surface area contributed by atoms with Crippen LogP contribution in [0.5, 0.6) is 0 Å². The van der Waals surface area contributed by atoms with E-state index in [0.717, 1.165) is 54.5 Å². The molecule has 4 heterocycles. The molecule has 0 unspecified atom stereocenters. The molecule has 0 radical (unpaired) electrons. The van der Waals surface area contributed by atoms with Crippen LogP contribution in [0.15, 0.2) is 36.7 Å². The van der Waals surface area contributed by atoms with Crippen molar-refractivity contribution in [1.82, 2.24) is 25.0 Å². The number of aryl methyl sites for hydroxylation is 1. The third-order valence-corrected chi connectivity index (χ3v) is 6.35. The minimum absolute atomic E-state index is 0. The van der Waals surface area contributed by atoms with Gasteiger partial charge in [-0.3, -0.25) is 19.8 Å². The van der Waals surface area contributed by atoms with Gasteiger partial charge in [-0.2, -0.15) is 5.10 Å². The summed E-state index contributed by atoms with van der Waals surface area (Å²) in [7, 11) is 1.85. The van der Waals surface area contributed by atoms with E-state index in [1.165, 1.54) is 0 Å².